The molecule has 11 heteroatoms. The van der Waals surface area contributed by atoms with Crippen molar-refractivity contribution in [3.63, 3.8) is 0 Å². The molecule has 1 heterocycles. The zero-order valence-electron chi connectivity index (χ0n) is 17.7. The minimum atomic E-state index is -4.03. The number of hydrogen-bond acceptors (Lipinski definition) is 6. The van der Waals surface area contributed by atoms with E-state index in [9.17, 15) is 17.6 Å². The van der Waals surface area contributed by atoms with Crippen LogP contribution in [0.4, 0.5) is 15.8 Å². The lowest BCUT2D eigenvalue weighted by Gasteiger charge is -2.11. The predicted octanol–water partition coefficient (Wildman–Crippen LogP) is 3.47. The zero-order chi connectivity index (χ0) is 23.6. The normalized spacial score (nSPS) is 11.2. The predicted molar refractivity (Wildman–Crippen MR) is 120 cm³/mol. The summed E-state index contributed by atoms with van der Waals surface area (Å²) in [5.74, 6) is -0.472. The lowest BCUT2D eigenvalue weighted by molar-refractivity contribution is 0.102. The third kappa shape index (κ3) is 4.88. The second-order valence-electron chi connectivity index (χ2n) is 7.24. The van der Waals surface area contributed by atoms with Gasteiger partial charge in [0.1, 0.15) is 5.82 Å². The van der Waals surface area contributed by atoms with E-state index in [0.717, 1.165) is 6.07 Å². The summed E-state index contributed by atoms with van der Waals surface area (Å²) in [6, 6.07) is 16.6. The van der Waals surface area contributed by atoms with E-state index in [-0.39, 0.29) is 16.1 Å². The summed E-state index contributed by atoms with van der Waals surface area (Å²) in [7, 11) is -4.03. The van der Waals surface area contributed by atoms with Gasteiger partial charge >= 0.3 is 0 Å². The second-order valence-corrected chi connectivity index (χ2v) is 8.92. The van der Waals surface area contributed by atoms with Gasteiger partial charge in [-0.05, 0) is 78.4 Å². The van der Waals surface area contributed by atoms with E-state index in [1.165, 1.54) is 28.9 Å². The van der Waals surface area contributed by atoms with Gasteiger partial charge in [0.2, 0.25) is 0 Å². The van der Waals surface area contributed by atoms with Crippen molar-refractivity contribution in [2.75, 3.05) is 10.0 Å². The zero-order valence-corrected chi connectivity index (χ0v) is 18.5. The summed E-state index contributed by atoms with van der Waals surface area (Å²) in [6.45, 7) is 3.30. The van der Waals surface area contributed by atoms with Crippen molar-refractivity contribution < 1.29 is 17.6 Å². The molecule has 0 radical (unpaired) electrons. The highest BCUT2D eigenvalue weighted by atomic mass is 32.2. The number of nitrogens with zero attached hydrogens (tertiary/aromatic N) is 4. The number of carbonyl (C=O) groups excluding carboxylic acids is 1. The van der Waals surface area contributed by atoms with Crippen LogP contribution in [0, 0.1) is 19.7 Å². The number of aromatic nitrogens is 4. The number of hydrogen-bond donors (Lipinski definition) is 2. The summed E-state index contributed by atoms with van der Waals surface area (Å²) in [5, 5.41) is 14.1. The molecule has 33 heavy (non-hydrogen) atoms. The van der Waals surface area contributed by atoms with E-state index in [1.807, 2.05) is 0 Å². The van der Waals surface area contributed by atoms with Gasteiger partial charge in [-0.3, -0.25) is 9.52 Å². The first-order valence-electron chi connectivity index (χ1n) is 9.79. The van der Waals surface area contributed by atoms with Crippen LogP contribution >= 0.6 is 0 Å². The Labute approximate surface area is 189 Å². The standard InChI is InChI=1S/C22H19FN6O3S/c1-14-9-10-20(13-21(14)23)33(31,32)26-18-7-3-5-16(11-18)22(30)24-17-6-4-8-19(12-17)29-15(2)25-27-28-29/h3-13,26H,1-2H3,(H,24,30). The number of nitrogens with one attached hydrogen (secondary N) is 2. The van der Waals surface area contributed by atoms with E-state index in [1.54, 1.807) is 50.2 Å². The molecule has 1 amide bonds. The van der Waals surface area contributed by atoms with Gasteiger partial charge < -0.3 is 5.32 Å². The minimum absolute atomic E-state index is 0.168. The lowest BCUT2D eigenvalue weighted by Crippen LogP contribution is -2.15. The highest BCUT2D eigenvalue weighted by Crippen LogP contribution is 2.21. The molecule has 0 spiro atoms. The van der Waals surface area contributed by atoms with E-state index in [2.05, 4.69) is 25.6 Å². The number of sulfonamides is 1. The number of aryl methyl sites for hydroxylation is 2. The molecule has 0 aliphatic carbocycles. The van der Waals surface area contributed by atoms with Crippen LogP contribution in [-0.4, -0.2) is 34.5 Å². The summed E-state index contributed by atoms with van der Waals surface area (Å²) in [4.78, 5) is 12.6. The Balaban J connectivity index is 1.52. The Kier molecular flexibility index (Phi) is 5.88. The molecule has 4 aromatic rings. The number of rotatable bonds is 6. The van der Waals surface area contributed by atoms with Crippen LogP contribution in [0.2, 0.25) is 0 Å². The van der Waals surface area contributed by atoms with Crippen LogP contribution in [0.3, 0.4) is 0 Å². The summed E-state index contributed by atoms with van der Waals surface area (Å²) in [6.07, 6.45) is 0. The van der Waals surface area contributed by atoms with E-state index in [0.29, 0.717) is 22.8 Å². The molecule has 0 aliphatic rings. The molecular weight excluding hydrogens is 447 g/mol. The van der Waals surface area contributed by atoms with Crippen LogP contribution < -0.4 is 10.0 Å². The number of amides is 1. The van der Waals surface area contributed by atoms with Gasteiger partial charge in [0.15, 0.2) is 5.82 Å². The topological polar surface area (TPSA) is 119 Å². The average molecular weight is 466 g/mol. The molecule has 0 bridgehead atoms. The number of anilines is 2. The fourth-order valence-corrected chi connectivity index (χ4v) is 4.13. The SMILES string of the molecule is Cc1ccc(S(=O)(=O)Nc2cccc(C(=O)Nc3cccc(-n4nnnc4C)c3)c2)cc1F. The molecular formula is C22H19FN6O3S. The van der Waals surface area contributed by atoms with Crippen molar-refractivity contribution in [3.8, 4) is 5.69 Å². The van der Waals surface area contributed by atoms with Crippen molar-refractivity contribution >= 4 is 27.3 Å². The Morgan fingerprint density at radius 1 is 0.970 bits per heavy atom. The molecule has 0 saturated heterocycles. The van der Waals surface area contributed by atoms with E-state index >= 15 is 0 Å². The number of benzene rings is 3. The van der Waals surface area contributed by atoms with Crippen LogP contribution in [0.5, 0.6) is 0 Å². The van der Waals surface area contributed by atoms with E-state index in [4.69, 9.17) is 0 Å². The molecule has 0 aliphatic heterocycles. The number of tetrazole rings is 1. The smallest absolute Gasteiger partial charge is 0.261 e. The van der Waals surface area contributed by atoms with Gasteiger partial charge in [-0.1, -0.05) is 18.2 Å². The Bertz CT molecular complexity index is 1450. The van der Waals surface area contributed by atoms with Gasteiger partial charge in [-0.15, -0.1) is 5.10 Å². The summed E-state index contributed by atoms with van der Waals surface area (Å²) < 4.78 is 42.9. The highest BCUT2D eigenvalue weighted by molar-refractivity contribution is 7.92. The molecule has 2 N–H and O–H groups in total. The van der Waals surface area contributed by atoms with Crippen molar-refractivity contribution in [2.45, 2.75) is 18.7 Å². The number of carbonyl (C=O) groups is 1. The molecule has 168 valence electrons. The fourth-order valence-electron chi connectivity index (χ4n) is 3.07. The molecule has 0 unspecified atom stereocenters. The summed E-state index contributed by atoms with van der Waals surface area (Å²) >= 11 is 0. The van der Waals surface area contributed by atoms with E-state index < -0.39 is 21.7 Å². The van der Waals surface area contributed by atoms with Gasteiger partial charge in [-0.2, -0.15) is 4.68 Å². The van der Waals surface area contributed by atoms with Crippen LogP contribution in [0.25, 0.3) is 5.69 Å². The maximum Gasteiger partial charge on any atom is 0.261 e. The molecule has 0 fully saturated rings. The monoisotopic (exact) mass is 466 g/mol. The maximum atomic E-state index is 13.8. The van der Waals surface area contributed by atoms with Crippen molar-refractivity contribution in [1.82, 2.24) is 20.2 Å². The Morgan fingerprint density at radius 3 is 2.45 bits per heavy atom. The van der Waals surface area contributed by atoms with Gasteiger partial charge in [-0.25, -0.2) is 12.8 Å². The molecule has 3 aromatic carbocycles. The van der Waals surface area contributed by atoms with Crippen molar-refractivity contribution in [1.29, 1.82) is 0 Å². The quantitative estimate of drug-likeness (QED) is 0.449. The van der Waals surface area contributed by atoms with Crippen LogP contribution in [-0.2, 0) is 10.0 Å². The van der Waals surface area contributed by atoms with Crippen LogP contribution in [0.15, 0.2) is 71.6 Å². The van der Waals surface area contributed by atoms with Gasteiger partial charge in [0.25, 0.3) is 15.9 Å². The third-order valence-electron chi connectivity index (χ3n) is 4.80. The molecule has 1 aromatic heterocycles. The maximum absolute atomic E-state index is 13.8. The van der Waals surface area contributed by atoms with Crippen molar-refractivity contribution in [2.24, 2.45) is 0 Å². The first-order valence-corrected chi connectivity index (χ1v) is 11.3. The Hall–Kier alpha value is -4.12. The lowest BCUT2D eigenvalue weighted by atomic mass is 10.2. The summed E-state index contributed by atoms with van der Waals surface area (Å²) in [5.41, 5.74) is 1.92. The second kappa shape index (κ2) is 8.79. The average Bonchev–Trinajstić information content (AvgIpc) is 3.21. The first-order chi connectivity index (χ1) is 15.7. The minimum Gasteiger partial charge on any atom is -0.322 e. The van der Waals surface area contributed by atoms with Gasteiger partial charge in [0, 0.05) is 16.9 Å². The molecule has 0 saturated carbocycles. The molecule has 4 rings (SSSR count). The first kappa shape index (κ1) is 22.1. The van der Waals surface area contributed by atoms with Crippen molar-refractivity contribution in [3.05, 3.63) is 89.5 Å². The molecule has 0 atom stereocenters. The molecule has 9 nitrogen and oxygen atoms in total. The van der Waals surface area contributed by atoms with Gasteiger partial charge in [0.05, 0.1) is 10.6 Å². The Morgan fingerprint density at radius 2 is 1.73 bits per heavy atom. The highest BCUT2D eigenvalue weighted by Gasteiger charge is 2.17. The number of halogens is 1. The van der Waals surface area contributed by atoms with Crippen LogP contribution in [0.1, 0.15) is 21.7 Å². The largest absolute Gasteiger partial charge is 0.322 e. The fraction of sp³-hybridized carbons (Fsp3) is 0.0909. The third-order valence-corrected chi connectivity index (χ3v) is 6.18.